The van der Waals surface area contributed by atoms with Gasteiger partial charge in [0.05, 0.1) is 5.60 Å². The van der Waals surface area contributed by atoms with Crippen LogP contribution in [0.15, 0.2) is 0 Å². The van der Waals surface area contributed by atoms with Crippen LogP contribution < -0.4 is 5.73 Å². The Bertz CT molecular complexity index is 218. The van der Waals surface area contributed by atoms with Crippen molar-refractivity contribution in [2.24, 2.45) is 11.7 Å². The van der Waals surface area contributed by atoms with Crippen molar-refractivity contribution in [2.75, 3.05) is 26.2 Å². The van der Waals surface area contributed by atoms with Crippen LogP contribution in [0.5, 0.6) is 0 Å². The zero-order valence-corrected chi connectivity index (χ0v) is 10.0. The maximum absolute atomic E-state index is 5.76. The van der Waals surface area contributed by atoms with Gasteiger partial charge >= 0.3 is 0 Å². The highest BCUT2D eigenvalue weighted by Gasteiger charge is 2.34. The molecule has 2 unspecified atom stereocenters. The summed E-state index contributed by atoms with van der Waals surface area (Å²) in [5, 5.41) is 0. The molecule has 0 bridgehead atoms. The van der Waals surface area contributed by atoms with Gasteiger partial charge in [-0.2, -0.15) is 0 Å². The molecule has 2 aliphatic heterocycles. The van der Waals surface area contributed by atoms with Crippen LogP contribution >= 0.6 is 0 Å². The third kappa shape index (κ3) is 2.71. The van der Waals surface area contributed by atoms with Crippen LogP contribution in [0.1, 0.15) is 33.1 Å². The lowest BCUT2D eigenvalue weighted by Gasteiger charge is -2.39. The van der Waals surface area contributed by atoms with Crippen LogP contribution in [0.4, 0.5) is 0 Å². The first-order valence-electron chi connectivity index (χ1n) is 6.19. The highest BCUT2D eigenvalue weighted by molar-refractivity contribution is 4.88. The number of nitrogens with two attached hydrogens (primary N) is 1. The normalized spacial score (nSPS) is 37.0. The number of hydrogen-bond donors (Lipinski definition) is 1. The van der Waals surface area contributed by atoms with Gasteiger partial charge in [0, 0.05) is 19.2 Å². The van der Waals surface area contributed by atoms with E-state index in [4.69, 9.17) is 10.5 Å². The van der Waals surface area contributed by atoms with Crippen molar-refractivity contribution in [3.63, 3.8) is 0 Å². The smallest absolute Gasteiger partial charge is 0.0641 e. The molecule has 0 spiro atoms. The Morgan fingerprint density at radius 3 is 2.80 bits per heavy atom. The van der Waals surface area contributed by atoms with Crippen LogP contribution in [-0.2, 0) is 4.74 Å². The predicted octanol–water partition coefficient (Wildman–Crippen LogP) is 1.22. The maximum Gasteiger partial charge on any atom is 0.0641 e. The number of likely N-dealkylation sites (tertiary alicyclic amines) is 1. The number of nitrogens with zero attached hydrogens (tertiary/aromatic N) is 1. The molecule has 0 aromatic rings. The molecule has 2 rings (SSSR count). The second kappa shape index (κ2) is 4.40. The SMILES string of the molecule is CC1(C)CC(N2CCC(CN)C2)CCO1. The molecular formula is C12H24N2O. The minimum atomic E-state index is 0.0731. The molecule has 3 heteroatoms. The number of ether oxygens (including phenoxy) is 1. The molecule has 3 nitrogen and oxygen atoms in total. The van der Waals surface area contributed by atoms with E-state index in [1.165, 1.54) is 32.4 Å². The summed E-state index contributed by atoms with van der Waals surface area (Å²) in [7, 11) is 0. The van der Waals surface area contributed by atoms with Crippen molar-refractivity contribution in [1.82, 2.24) is 4.90 Å². The van der Waals surface area contributed by atoms with Crippen molar-refractivity contribution >= 4 is 0 Å². The van der Waals surface area contributed by atoms with Crippen LogP contribution in [0.25, 0.3) is 0 Å². The zero-order valence-electron chi connectivity index (χ0n) is 10.0. The fraction of sp³-hybridized carbons (Fsp3) is 1.00. The van der Waals surface area contributed by atoms with Crippen molar-refractivity contribution in [3.05, 3.63) is 0 Å². The van der Waals surface area contributed by atoms with Gasteiger partial charge in [0.15, 0.2) is 0 Å². The van der Waals surface area contributed by atoms with Crippen molar-refractivity contribution in [1.29, 1.82) is 0 Å². The average molecular weight is 212 g/mol. The van der Waals surface area contributed by atoms with E-state index < -0.39 is 0 Å². The molecule has 0 aliphatic carbocycles. The standard InChI is InChI=1S/C12H24N2O/c1-12(2)7-11(4-6-15-12)14-5-3-10(8-13)9-14/h10-11H,3-9,13H2,1-2H3. The molecule has 0 aromatic heterocycles. The minimum absolute atomic E-state index is 0.0731. The number of hydrogen-bond acceptors (Lipinski definition) is 3. The highest BCUT2D eigenvalue weighted by Crippen LogP contribution is 2.30. The molecule has 15 heavy (non-hydrogen) atoms. The molecular weight excluding hydrogens is 188 g/mol. The molecule has 2 heterocycles. The fourth-order valence-corrected chi connectivity index (χ4v) is 2.90. The first kappa shape index (κ1) is 11.4. The Morgan fingerprint density at radius 2 is 2.20 bits per heavy atom. The van der Waals surface area contributed by atoms with E-state index in [9.17, 15) is 0 Å². The molecule has 0 radical (unpaired) electrons. The largest absolute Gasteiger partial charge is 0.375 e. The summed E-state index contributed by atoms with van der Waals surface area (Å²) in [5.41, 5.74) is 5.80. The molecule has 2 N–H and O–H groups in total. The van der Waals surface area contributed by atoms with Gasteiger partial charge in [-0.15, -0.1) is 0 Å². The van der Waals surface area contributed by atoms with Gasteiger partial charge in [0.1, 0.15) is 0 Å². The second-order valence-electron chi connectivity index (χ2n) is 5.64. The van der Waals surface area contributed by atoms with Gasteiger partial charge < -0.3 is 10.5 Å². The first-order valence-corrected chi connectivity index (χ1v) is 6.19. The van der Waals surface area contributed by atoms with Gasteiger partial charge in [-0.05, 0) is 52.1 Å². The van der Waals surface area contributed by atoms with Gasteiger partial charge in [-0.1, -0.05) is 0 Å². The fourth-order valence-electron chi connectivity index (χ4n) is 2.90. The lowest BCUT2D eigenvalue weighted by Crippen LogP contribution is -2.45. The van der Waals surface area contributed by atoms with E-state index >= 15 is 0 Å². The second-order valence-corrected chi connectivity index (χ2v) is 5.64. The van der Waals surface area contributed by atoms with Crippen LogP contribution in [-0.4, -0.2) is 42.8 Å². The van der Waals surface area contributed by atoms with Crippen LogP contribution in [0.3, 0.4) is 0 Å². The van der Waals surface area contributed by atoms with Gasteiger partial charge in [-0.3, -0.25) is 4.90 Å². The van der Waals surface area contributed by atoms with Crippen molar-refractivity contribution < 1.29 is 4.74 Å². The Hall–Kier alpha value is -0.120. The van der Waals surface area contributed by atoms with Gasteiger partial charge in [0.2, 0.25) is 0 Å². The molecule has 0 amide bonds. The molecule has 2 aliphatic rings. The summed E-state index contributed by atoms with van der Waals surface area (Å²) < 4.78 is 5.76. The molecule has 2 fully saturated rings. The van der Waals surface area contributed by atoms with E-state index in [-0.39, 0.29) is 5.60 Å². The first-order chi connectivity index (χ1) is 7.11. The van der Waals surface area contributed by atoms with Crippen LogP contribution in [0.2, 0.25) is 0 Å². The van der Waals surface area contributed by atoms with Crippen LogP contribution in [0, 0.1) is 5.92 Å². The molecule has 88 valence electrons. The minimum Gasteiger partial charge on any atom is -0.375 e. The Kier molecular flexibility index (Phi) is 3.33. The average Bonchev–Trinajstić information content (AvgIpc) is 2.64. The van der Waals surface area contributed by atoms with Gasteiger partial charge in [-0.25, -0.2) is 0 Å². The zero-order chi connectivity index (χ0) is 10.9. The molecule has 0 aromatic carbocycles. The Labute approximate surface area is 93.0 Å². The van der Waals surface area contributed by atoms with E-state index in [1.807, 2.05) is 0 Å². The lowest BCUT2D eigenvalue weighted by molar-refractivity contribution is -0.0806. The summed E-state index contributed by atoms with van der Waals surface area (Å²) in [6.07, 6.45) is 3.65. The monoisotopic (exact) mass is 212 g/mol. The van der Waals surface area contributed by atoms with Gasteiger partial charge in [0.25, 0.3) is 0 Å². The molecule has 0 saturated carbocycles. The number of rotatable bonds is 2. The highest BCUT2D eigenvalue weighted by atomic mass is 16.5. The third-order valence-electron chi connectivity index (χ3n) is 3.84. The molecule has 2 saturated heterocycles. The van der Waals surface area contributed by atoms with E-state index in [0.717, 1.165) is 25.1 Å². The Morgan fingerprint density at radius 1 is 1.40 bits per heavy atom. The van der Waals surface area contributed by atoms with E-state index in [2.05, 4.69) is 18.7 Å². The summed E-state index contributed by atoms with van der Waals surface area (Å²) >= 11 is 0. The topological polar surface area (TPSA) is 38.5 Å². The quantitative estimate of drug-likeness (QED) is 0.748. The lowest BCUT2D eigenvalue weighted by atomic mass is 9.93. The van der Waals surface area contributed by atoms with E-state index in [1.54, 1.807) is 0 Å². The van der Waals surface area contributed by atoms with Crippen molar-refractivity contribution in [2.45, 2.75) is 44.8 Å². The Balaban J connectivity index is 1.88. The third-order valence-corrected chi connectivity index (χ3v) is 3.84. The maximum atomic E-state index is 5.76. The van der Waals surface area contributed by atoms with Crippen molar-refractivity contribution in [3.8, 4) is 0 Å². The summed E-state index contributed by atoms with van der Waals surface area (Å²) in [6.45, 7) is 8.62. The van der Waals surface area contributed by atoms with E-state index in [0.29, 0.717) is 0 Å². The summed E-state index contributed by atoms with van der Waals surface area (Å²) in [6, 6.07) is 0.727. The summed E-state index contributed by atoms with van der Waals surface area (Å²) in [4.78, 5) is 2.63. The molecule has 2 atom stereocenters. The predicted molar refractivity (Wildman–Crippen MR) is 61.8 cm³/mol. The summed E-state index contributed by atoms with van der Waals surface area (Å²) in [5.74, 6) is 0.732.